The molecule has 0 aliphatic carbocycles. The van der Waals surface area contributed by atoms with Crippen molar-refractivity contribution in [2.24, 2.45) is 5.73 Å². The van der Waals surface area contributed by atoms with Gasteiger partial charge in [0.25, 0.3) is 0 Å². The van der Waals surface area contributed by atoms with Crippen LogP contribution in [0.5, 0.6) is 0 Å². The number of fused-ring (bicyclic) bond motifs is 1. The molecule has 13 heteroatoms. The van der Waals surface area contributed by atoms with E-state index in [4.69, 9.17) is 10.5 Å². The Morgan fingerprint density at radius 3 is 2.41 bits per heavy atom. The van der Waals surface area contributed by atoms with E-state index in [9.17, 15) is 31.1 Å². The van der Waals surface area contributed by atoms with Crippen molar-refractivity contribution < 1.29 is 35.9 Å². The number of imidazole rings is 1. The number of nitrogens with zero attached hydrogens (tertiary/aromatic N) is 4. The molecule has 1 aromatic heterocycles. The zero-order chi connectivity index (χ0) is 24.6. The summed E-state index contributed by atoms with van der Waals surface area (Å²) >= 11 is 0. The highest BCUT2D eigenvalue weighted by atomic mass is 19.4. The Labute approximate surface area is 191 Å². The predicted molar refractivity (Wildman–Crippen MR) is 108 cm³/mol. The largest absolute Gasteiger partial charge is 0.449 e. The Morgan fingerprint density at radius 2 is 1.74 bits per heavy atom. The van der Waals surface area contributed by atoms with E-state index in [1.807, 2.05) is 0 Å². The molecule has 1 fully saturated rings. The molecule has 34 heavy (non-hydrogen) atoms. The molecular weight excluding hydrogens is 468 g/mol. The van der Waals surface area contributed by atoms with Crippen LogP contribution < -0.4 is 10.6 Å². The molecule has 1 saturated heterocycles. The second kappa shape index (κ2) is 9.45. The minimum Gasteiger partial charge on any atom is -0.378 e. The smallest absolute Gasteiger partial charge is 0.378 e. The van der Waals surface area contributed by atoms with Gasteiger partial charge in [-0.2, -0.15) is 13.2 Å². The number of amides is 1. The van der Waals surface area contributed by atoms with E-state index in [0.717, 1.165) is 4.57 Å². The van der Waals surface area contributed by atoms with Gasteiger partial charge >= 0.3 is 6.18 Å². The summed E-state index contributed by atoms with van der Waals surface area (Å²) in [7, 11) is 0. The molecule has 7 nitrogen and oxygen atoms in total. The van der Waals surface area contributed by atoms with Crippen LogP contribution in [-0.2, 0) is 35.2 Å². The summed E-state index contributed by atoms with van der Waals surface area (Å²) in [5, 5.41) is 0. The van der Waals surface area contributed by atoms with Gasteiger partial charge in [0.2, 0.25) is 11.7 Å². The molecule has 2 aliphatic rings. The van der Waals surface area contributed by atoms with Gasteiger partial charge in [0.15, 0.2) is 17.5 Å². The van der Waals surface area contributed by atoms with Crippen molar-refractivity contribution in [2.75, 3.05) is 37.7 Å². The molecule has 1 amide bonds. The molecule has 0 saturated carbocycles. The van der Waals surface area contributed by atoms with Crippen LogP contribution in [0, 0.1) is 17.5 Å². The van der Waals surface area contributed by atoms with Gasteiger partial charge in [-0.05, 0) is 18.1 Å². The van der Waals surface area contributed by atoms with Crippen molar-refractivity contribution in [1.82, 2.24) is 14.5 Å². The van der Waals surface area contributed by atoms with E-state index in [0.29, 0.717) is 38.4 Å². The number of hydrogen-bond donors (Lipinski definition) is 1. The zero-order valence-corrected chi connectivity index (χ0v) is 18.0. The summed E-state index contributed by atoms with van der Waals surface area (Å²) in [6.07, 6.45) is -5.11. The number of morpholine rings is 1. The molecule has 4 rings (SSSR count). The molecule has 1 atom stereocenters. The average Bonchev–Trinajstić information content (AvgIpc) is 3.17. The van der Waals surface area contributed by atoms with Crippen molar-refractivity contribution in [2.45, 2.75) is 38.1 Å². The normalized spacial score (nSPS) is 17.6. The molecule has 186 valence electrons. The number of halogens is 6. The summed E-state index contributed by atoms with van der Waals surface area (Å²) in [4.78, 5) is 19.8. The quantitative estimate of drug-likeness (QED) is 0.514. The van der Waals surface area contributed by atoms with Crippen LogP contribution in [0.4, 0.5) is 32.2 Å². The van der Waals surface area contributed by atoms with Gasteiger partial charge in [-0.1, -0.05) is 0 Å². The lowest BCUT2D eigenvalue weighted by Gasteiger charge is -2.33. The van der Waals surface area contributed by atoms with Gasteiger partial charge in [-0.25, -0.2) is 18.2 Å². The standard InChI is InChI=1S/C21H23F6N5O2/c22-14-10-16(24)15(23)8-12(14)7-13(28)9-18(33)31-1-2-32-17(11-31)19(29-20(32)21(25,26)27)30-3-5-34-6-4-30/h8,10,13H,1-7,9,11,28H2. The Hall–Kier alpha value is -2.80. The molecule has 2 aromatic rings. The number of benzene rings is 1. The van der Waals surface area contributed by atoms with Crippen molar-refractivity contribution >= 4 is 11.7 Å². The van der Waals surface area contributed by atoms with E-state index < -0.39 is 41.4 Å². The maximum absolute atomic E-state index is 13.9. The van der Waals surface area contributed by atoms with Gasteiger partial charge in [0.1, 0.15) is 5.82 Å². The number of ether oxygens (including phenoxy) is 1. The topological polar surface area (TPSA) is 76.6 Å². The van der Waals surface area contributed by atoms with Crippen molar-refractivity contribution in [3.8, 4) is 0 Å². The van der Waals surface area contributed by atoms with E-state index in [-0.39, 0.29) is 49.6 Å². The van der Waals surface area contributed by atoms with Gasteiger partial charge in [-0.15, -0.1) is 0 Å². The van der Waals surface area contributed by atoms with E-state index in [1.54, 1.807) is 4.90 Å². The van der Waals surface area contributed by atoms with Crippen LogP contribution in [-0.4, -0.2) is 59.2 Å². The first kappa shape index (κ1) is 24.3. The van der Waals surface area contributed by atoms with Gasteiger partial charge in [0.05, 0.1) is 25.5 Å². The predicted octanol–water partition coefficient (Wildman–Crippen LogP) is 2.46. The Bertz CT molecular complexity index is 1070. The van der Waals surface area contributed by atoms with E-state index >= 15 is 0 Å². The molecule has 2 N–H and O–H groups in total. The fraction of sp³-hybridized carbons (Fsp3) is 0.524. The van der Waals surface area contributed by atoms with Crippen LogP contribution in [0.1, 0.15) is 23.5 Å². The maximum atomic E-state index is 13.9. The third-order valence-electron chi connectivity index (χ3n) is 5.91. The third-order valence-corrected chi connectivity index (χ3v) is 5.91. The molecule has 0 spiro atoms. The number of aromatic nitrogens is 2. The second-order valence-corrected chi connectivity index (χ2v) is 8.30. The minimum absolute atomic E-state index is 0.0140. The molecular formula is C21H23F6N5O2. The lowest BCUT2D eigenvalue weighted by Crippen LogP contribution is -2.43. The Balaban J connectivity index is 1.49. The number of rotatable bonds is 5. The molecule has 1 aromatic carbocycles. The molecule has 0 bridgehead atoms. The summed E-state index contributed by atoms with van der Waals surface area (Å²) in [6.45, 7) is 1.28. The summed E-state index contributed by atoms with van der Waals surface area (Å²) in [5.74, 6) is -4.81. The van der Waals surface area contributed by atoms with Gasteiger partial charge < -0.3 is 24.8 Å². The van der Waals surface area contributed by atoms with Crippen LogP contribution >= 0.6 is 0 Å². The summed E-state index contributed by atoms with van der Waals surface area (Å²) < 4.78 is 87.5. The number of carbonyl (C=O) groups excluding carboxylic acids is 1. The van der Waals surface area contributed by atoms with Gasteiger partial charge in [0, 0.05) is 44.7 Å². The van der Waals surface area contributed by atoms with Crippen molar-refractivity contribution in [3.63, 3.8) is 0 Å². The average molecular weight is 491 g/mol. The minimum atomic E-state index is -4.65. The number of nitrogens with two attached hydrogens (primary N) is 1. The molecule has 1 unspecified atom stereocenters. The SMILES string of the molecule is NC(CC(=O)N1CCn2c(C(F)(F)F)nc(N3CCOCC3)c2C1)Cc1cc(F)c(F)cc1F. The van der Waals surface area contributed by atoms with Crippen LogP contribution in [0.3, 0.4) is 0 Å². The van der Waals surface area contributed by atoms with E-state index in [2.05, 4.69) is 4.98 Å². The number of hydrogen-bond acceptors (Lipinski definition) is 5. The summed E-state index contributed by atoms with van der Waals surface area (Å²) in [5.41, 5.74) is 6.06. The number of anilines is 1. The first-order chi connectivity index (χ1) is 16.0. The molecule has 2 aliphatic heterocycles. The van der Waals surface area contributed by atoms with Crippen molar-refractivity contribution in [3.05, 3.63) is 46.7 Å². The first-order valence-corrected chi connectivity index (χ1v) is 10.7. The zero-order valence-electron chi connectivity index (χ0n) is 18.0. The highest BCUT2D eigenvalue weighted by molar-refractivity contribution is 5.77. The van der Waals surface area contributed by atoms with Crippen molar-refractivity contribution in [1.29, 1.82) is 0 Å². The van der Waals surface area contributed by atoms with Crippen LogP contribution in [0.15, 0.2) is 12.1 Å². The number of carbonyl (C=O) groups is 1. The lowest BCUT2D eigenvalue weighted by atomic mass is 10.0. The number of alkyl halides is 3. The fourth-order valence-electron chi connectivity index (χ4n) is 4.24. The second-order valence-electron chi connectivity index (χ2n) is 8.30. The maximum Gasteiger partial charge on any atom is 0.449 e. The van der Waals surface area contributed by atoms with E-state index in [1.165, 1.54) is 4.90 Å². The third kappa shape index (κ3) is 4.99. The van der Waals surface area contributed by atoms with Crippen LogP contribution in [0.2, 0.25) is 0 Å². The first-order valence-electron chi connectivity index (χ1n) is 10.7. The lowest BCUT2D eigenvalue weighted by molar-refractivity contribution is -0.148. The Kier molecular flexibility index (Phi) is 6.76. The Morgan fingerprint density at radius 1 is 1.06 bits per heavy atom. The summed E-state index contributed by atoms with van der Waals surface area (Å²) in [6, 6.07) is 0.209. The van der Waals surface area contributed by atoms with Crippen LogP contribution in [0.25, 0.3) is 0 Å². The highest BCUT2D eigenvalue weighted by Gasteiger charge is 2.41. The molecule has 3 heterocycles. The molecule has 0 radical (unpaired) electrons. The fourth-order valence-corrected chi connectivity index (χ4v) is 4.24. The monoisotopic (exact) mass is 491 g/mol. The van der Waals surface area contributed by atoms with Gasteiger partial charge in [-0.3, -0.25) is 4.79 Å². The highest BCUT2D eigenvalue weighted by Crippen LogP contribution is 2.35.